The van der Waals surface area contributed by atoms with E-state index < -0.39 is 5.97 Å². The second-order valence-electron chi connectivity index (χ2n) is 2.77. The molecular weight excluding hydrogens is 200 g/mol. The van der Waals surface area contributed by atoms with Crippen LogP contribution in [0.4, 0.5) is 0 Å². The molecule has 1 aromatic carbocycles. The van der Waals surface area contributed by atoms with Gasteiger partial charge in [0.05, 0.1) is 0 Å². The average molecular weight is 211 g/mol. The molecule has 0 spiro atoms. The second kappa shape index (κ2) is 5.45. The summed E-state index contributed by atoms with van der Waals surface area (Å²) in [5.41, 5.74) is 1.94. The first-order chi connectivity index (χ1) is 6.76. The maximum atomic E-state index is 10.8. The van der Waals surface area contributed by atoms with Crippen LogP contribution in [0.1, 0.15) is 11.1 Å². The first-order valence-corrected chi connectivity index (χ1v) is 4.72. The van der Waals surface area contributed by atoms with Gasteiger partial charge in [-0.2, -0.15) is 0 Å². The van der Waals surface area contributed by atoms with Crippen LogP contribution in [-0.2, 0) is 22.0 Å². The summed E-state index contributed by atoms with van der Waals surface area (Å²) in [4.78, 5) is 10.8. The van der Waals surface area contributed by atoms with Gasteiger partial charge in [-0.05, 0) is 11.1 Å². The molecule has 0 fully saturated rings. The number of benzene rings is 1. The summed E-state index contributed by atoms with van der Waals surface area (Å²) in [6, 6.07) is 7.59. The van der Waals surface area contributed by atoms with Crippen molar-refractivity contribution in [2.75, 3.05) is 0 Å². The number of hydrogen-bond donors (Lipinski definition) is 0. The highest BCUT2D eigenvalue weighted by atomic mass is 35.5. The molecule has 0 heterocycles. The summed E-state index contributed by atoms with van der Waals surface area (Å²) in [5, 5.41) is 0. The van der Waals surface area contributed by atoms with Crippen LogP contribution in [0.2, 0.25) is 0 Å². The predicted molar refractivity (Wildman–Crippen MR) is 56.0 cm³/mol. The maximum absolute atomic E-state index is 10.8. The van der Waals surface area contributed by atoms with Crippen LogP contribution >= 0.6 is 11.6 Å². The molecule has 0 aliphatic rings. The Morgan fingerprint density at radius 3 is 2.86 bits per heavy atom. The van der Waals surface area contributed by atoms with Crippen LogP contribution in [0.25, 0.3) is 0 Å². The summed E-state index contributed by atoms with van der Waals surface area (Å²) in [7, 11) is 0. The molecule has 1 aromatic rings. The minimum Gasteiger partial charge on any atom is -0.458 e. The summed E-state index contributed by atoms with van der Waals surface area (Å²) < 4.78 is 4.88. The molecule has 0 unspecified atom stereocenters. The molecule has 0 aliphatic carbocycles. The lowest BCUT2D eigenvalue weighted by Crippen LogP contribution is -2.00. The number of carbonyl (C=O) groups is 1. The third-order valence-electron chi connectivity index (χ3n) is 1.69. The topological polar surface area (TPSA) is 26.3 Å². The van der Waals surface area contributed by atoms with Crippen molar-refractivity contribution in [2.24, 2.45) is 0 Å². The summed E-state index contributed by atoms with van der Waals surface area (Å²) >= 11 is 5.66. The SMILES string of the molecule is C=CC(=O)OCc1cccc(CCl)c1. The Labute approximate surface area is 88.1 Å². The lowest BCUT2D eigenvalue weighted by molar-refractivity contribution is -0.138. The smallest absolute Gasteiger partial charge is 0.330 e. The zero-order valence-electron chi connectivity index (χ0n) is 7.70. The number of ether oxygens (including phenoxy) is 1. The molecule has 0 saturated carbocycles. The Bertz CT molecular complexity index is 334. The molecule has 0 amide bonds. The Kier molecular flexibility index (Phi) is 4.20. The first kappa shape index (κ1) is 10.8. The molecular formula is C11H11ClO2. The van der Waals surface area contributed by atoms with Crippen LogP contribution in [0.3, 0.4) is 0 Å². The van der Waals surface area contributed by atoms with E-state index in [1.807, 2.05) is 24.3 Å². The van der Waals surface area contributed by atoms with Gasteiger partial charge in [0.25, 0.3) is 0 Å². The van der Waals surface area contributed by atoms with Gasteiger partial charge in [0, 0.05) is 12.0 Å². The molecule has 1 rings (SSSR count). The molecule has 74 valence electrons. The zero-order valence-corrected chi connectivity index (χ0v) is 8.46. The summed E-state index contributed by atoms with van der Waals surface area (Å²) in [6.45, 7) is 3.57. The van der Waals surface area contributed by atoms with Crippen LogP contribution < -0.4 is 0 Å². The maximum Gasteiger partial charge on any atom is 0.330 e. The number of alkyl halides is 1. The van der Waals surface area contributed by atoms with Gasteiger partial charge in [-0.15, -0.1) is 11.6 Å². The van der Waals surface area contributed by atoms with Crippen molar-refractivity contribution in [3.8, 4) is 0 Å². The molecule has 0 bridgehead atoms. The molecule has 14 heavy (non-hydrogen) atoms. The lowest BCUT2D eigenvalue weighted by atomic mass is 10.1. The standard InChI is InChI=1S/C11H11ClO2/c1-2-11(13)14-8-10-5-3-4-9(6-10)7-12/h2-6H,1,7-8H2. The van der Waals surface area contributed by atoms with Crippen LogP contribution in [0, 0.1) is 0 Å². The Morgan fingerprint density at radius 2 is 2.21 bits per heavy atom. The number of halogens is 1. The van der Waals surface area contributed by atoms with Gasteiger partial charge in [-0.3, -0.25) is 0 Å². The monoisotopic (exact) mass is 210 g/mol. The van der Waals surface area contributed by atoms with Crippen molar-refractivity contribution in [1.82, 2.24) is 0 Å². The van der Waals surface area contributed by atoms with E-state index in [9.17, 15) is 4.79 Å². The van der Waals surface area contributed by atoms with Crippen LogP contribution in [0.5, 0.6) is 0 Å². The molecule has 0 saturated heterocycles. The van der Waals surface area contributed by atoms with E-state index in [0.717, 1.165) is 17.2 Å². The minimum atomic E-state index is -0.415. The predicted octanol–water partition coefficient (Wildman–Crippen LogP) is 2.65. The van der Waals surface area contributed by atoms with E-state index in [1.54, 1.807) is 0 Å². The van der Waals surface area contributed by atoms with E-state index in [2.05, 4.69) is 6.58 Å². The van der Waals surface area contributed by atoms with E-state index >= 15 is 0 Å². The third kappa shape index (κ3) is 3.23. The van der Waals surface area contributed by atoms with Crippen LogP contribution in [-0.4, -0.2) is 5.97 Å². The highest BCUT2D eigenvalue weighted by molar-refractivity contribution is 6.17. The number of esters is 1. The first-order valence-electron chi connectivity index (χ1n) is 4.19. The molecule has 0 aromatic heterocycles. The minimum absolute atomic E-state index is 0.260. The van der Waals surface area contributed by atoms with Crippen molar-refractivity contribution < 1.29 is 9.53 Å². The average Bonchev–Trinajstić information content (AvgIpc) is 2.26. The van der Waals surface area contributed by atoms with Crippen molar-refractivity contribution >= 4 is 17.6 Å². The van der Waals surface area contributed by atoms with Gasteiger partial charge in [0.2, 0.25) is 0 Å². The van der Waals surface area contributed by atoms with E-state index in [-0.39, 0.29) is 6.61 Å². The van der Waals surface area contributed by atoms with Gasteiger partial charge >= 0.3 is 5.97 Å². The Morgan fingerprint density at radius 1 is 1.50 bits per heavy atom. The lowest BCUT2D eigenvalue weighted by Gasteiger charge is -2.03. The fraction of sp³-hybridized carbons (Fsp3) is 0.182. The fourth-order valence-corrected chi connectivity index (χ4v) is 1.18. The Hall–Kier alpha value is -1.28. The van der Waals surface area contributed by atoms with Crippen LogP contribution in [0.15, 0.2) is 36.9 Å². The summed E-state index contributed by atoms with van der Waals surface area (Å²) in [6.07, 6.45) is 1.14. The molecule has 0 aliphatic heterocycles. The quantitative estimate of drug-likeness (QED) is 0.434. The number of carbonyl (C=O) groups excluding carboxylic acids is 1. The molecule has 0 atom stereocenters. The van der Waals surface area contributed by atoms with E-state index in [1.165, 1.54) is 0 Å². The molecule has 0 N–H and O–H groups in total. The van der Waals surface area contributed by atoms with Gasteiger partial charge in [0.15, 0.2) is 0 Å². The zero-order chi connectivity index (χ0) is 10.4. The van der Waals surface area contributed by atoms with Crippen molar-refractivity contribution in [3.05, 3.63) is 48.0 Å². The van der Waals surface area contributed by atoms with Gasteiger partial charge in [-0.25, -0.2) is 4.79 Å². The Balaban J connectivity index is 2.58. The van der Waals surface area contributed by atoms with Gasteiger partial charge in [0.1, 0.15) is 6.61 Å². The molecule has 0 radical (unpaired) electrons. The highest BCUT2D eigenvalue weighted by Gasteiger charge is 1.98. The molecule has 3 heteroatoms. The second-order valence-corrected chi connectivity index (χ2v) is 3.03. The normalized spacial score (nSPS) is 9.50. The van der Waals surface area contributed by atoms with Crippen molar-refractivity contribution in [1.29, 1.82) is 0 Å². The van der Waals surface area contributed by atoms with E-state index in [4.69, 9.17) is 16.3 Å². The van der Waals surface area contributed by atoms with Crippen molar-refractivity contribution in [2.45, 2.75) is 12.5 Å². The molecule has 2 nitrogen and oxygen atoms in total. The van der Waals surface area contributed by atoms with E-state index in [0.29, 0.717) is 5.88 Å². The highest BCUT2D eigenvalue weighted by Crippen LogP contribution is 2.08. The van der Waals surface area contributed by atoms with Gasteiger partial charge < -0.3 is 4.74 Å². The fourth-order valence-electron chi connectivity index (χ4n) is 1.02. The largest absolute Gasteiger partial charge is 0.458 e. The number of rotatable bonds is 4. The van der Waals surface area contributed by atoms with Gasteiger partial charge in [-0.1, -0.05) is 30.8 Å². The summed E-state index contributed by atoms with van der Waals surface area (Å²) in [5.74, 6) is 0.0461. The third-order valence-corrected chi connectivity index (χ3v) is 2.00. The van der Waals surface area contributed by atoms with Crippen molar-refractivity contribution in [3.63, 3.8) is 0 Å². The number of hydrogen-bond acceptors (Lipinski definition) is 2.